The Bertz CT molecular complexity index is 1070. The van der Waals surface area contributed by atoms with Crippen molar-refractivity contribution < 1.29 is 17.9 Å². The van der Waals surface area contributed by atoms with Gasteiger partial charge in [-0.1, -0.05) is 18.2 Å². The molecule has 3 aromatic rings. The van der Waals surface area contributed by atoms with E-state index < -0.39 is 23.8 Å². The Balaban J connectivity index is 1.72. The minimum Gasteiger partial charge on any atom is -0.495 e. The summed E-state index contributed by atoms with van der Waals surface area (Å²) in [5, 5.41) is 7.47. The third-order valence-corrected chi connectivity index (χ3v) is 5.63. The maximum atomic E-state index is 14.6. The van der Waals surface area contributed by atoms with E-state index in [2.05, 4.69) is 20.5 Å². The molecule has 1 aromatic heterocycles. The first-order valence-electron chi connectivity index (χ1n) is 10.2. The normalized spacial score (nSPS) is 15.4. The van der Waals surface area contributed by atoms with Crippen molar-refractivity contribution in [1.29, 1.82) is 0 Å². The molecule has 0 bridgehead atoms. The fraction of sp³-hybridized carbons (Fsp3) is 0.348. The third kappa shape index (κ3) is 4.25. The summed E-state index contributed by atoms with van der Waals surface area (Å²) >= 11 is 0. The maximum absolute atomic E-state index is 14.6. The van der Waals surface area contributed by atoms with Crippen LogP contribution < -0.4 is 20.3 Å². The molecule has 0 aliphatic carbocycles. The highest BCUT2D eigenvalue weighted by atomic mass is 19.3. The number of nitrogens with one attached hydrogen (secondary N) is 2. The second kappa shape index (κ2) is 9.01. The number of hydrogen-bond acceptors (Lipinski definition) is 5. The molecule has 4 rings (SSSR count). The summed E-state index contributed by atoms with van der Waals surface area (Å²) in [6.07, 6.45) is -1.20. The second-order valence-corrected chi connectivity index (χ2v) is 7.55. The van der Waals surface area contributed by atoms with Crippen LogP contribution in [0.15, 0.2) is 42.6 Å². The van der Waals surface area contributed by atoms with E-state index in [0.29, 0.717) is 0 Å². The van der Waals surface area contributed by atoms with E-state index in [1.165, 1.54) is 12.1 Å². The van der Waals surface area contributed by atoms with Crippen molar-refractivity contribution in [2.75, 3.05) is 43.5 Å². The zero-order valence-electron chi connectivity index (χ0n) is 17.5. The van der Waals surface area contributed by atoms with Gasteiger partial charge in [0.15, 0.2) is 0 Å². The van der Waals surface area contributed by atoms with Gasteiger partial charge in [-0.15, -0.1) is 0 Å². The van der Waals surface area contributed by atoms with Crippen molar-refractivity contribution in [3.63, 3.8) is 0 Å². The first kappa shape index (κ1) is 21.2. The minimum atomic E-state index is -2.86. The maximum Gasteiger partial charge on any atom is 0.266 e. The van der Waals surface area contributed by atoms with E-state index in [9.17, 15) is 13.2 Å². The van der Waals surface area contributed by atoms with Gasteiger partial charge in [0.25, 0.3) is 6.43 Å². The van der Waals surface area contributed by atoms with Gasteiger partial charge in [0, 0.05) is 55.1 Å². The standard InChI is InChI=1S/C23H25F3N4O/c1-14(15-4-3-5-16(22(15)24)23(25)26)29-18-6-7-28-19-13-21(31-2)20(12-17(18)19)30-10-8-27-9-11-30/h3-7,12-14,23,27H,8-11H2,1-2H3,(H,28,29)/t14-/m1/s1. The molecule has 31 heavy (non-hydrogen) atoms. The lowest BCUT2D eigenvalue weighted by Crippen LogP contribution is -2.43. The lowest BCUT2D eigenvalue weighted by molar-refractivity contribution is 0.146. The number of pyridine rings is 1. The highest BCUT2D eigenvalue weighted by Crippen LogP contribution is 2.37. The first-order valence-corrected chi connectivity index (χ1v) is 10.2. The lowest BCUT2D eigenvalue weighted by atomic mass is 10.0. The van der Waals surface area contributed by atoms with E-state index in [1.807, 2.05) is 18.2 Å². The number of anilines is 2. The number of halogens is 3. The molecule has 8 heteroatoms. The Morgan fingerprint density at radius 2 is 1.87 bits per heavy atom. The SMILES string of the molecule is COc1cc2nccc(N[C@H](C)c3cccc(C(F)F)c3F)c2cc1N1CCNCC1. The number of alkyl halides is 2. The summed E-state index contributed by atoms with van der Waals surface area (Å²) in [4.78, 5) is 6.70. The number of ether oxygens (including phenoxy) is 1. The van der Waals surface area contributed by atoms with Gasteiger partial charge in [-0.3, -0.25) is 4.98 Å². The van der Waals surface area contributed by atoms with Gasteiger partial charge in [-0.25, -0.2) is 13.2 Å². The molecule has 0 spiro atoms. The number of rotatable bonds is 6. The summed E-state index contributed by atoms with van der Waals surface area (Å²) in [5.74, 6) is -0.137. The van der Waals surface area contributed by atoms with Crippen LogP contribution in [0, 0.1) is 5.82 Å². The van der Waals surface area contributed by atoms with Gasteiger partial charge in [0.05, 0.1) is 29.9 Å². The first-order chi connectivity index (χ1) is 15.0. The zero-order chi connectivity index (χ0) is 22.0. The summed E-state index contributed by atoms with van der Waals surface area (Å²) in [6.45, 7) is 5.23. The number of piperazine rings is 1. The van der Waals surface area contributed by atoms with Gasteiger partial charge in [-0.2, -0.15) is 0 Å². The topological polar surface area (TPSA) is 49.4 Å². The van der Waals surface area contributed by atoms with Gasteiger partial charge in [-0.05, 0) is 19.1 Å². The van der Waals surface area contributed by atoms with Crippen LogP contribution in [0.2, 0.25) is 0 Å². The molecule has 2 aromatic carbocycles. The summed E-state index contributed by atoms with van der Waals surface area (Å²) < 4.78 is 46.5. The number of fused-ring (bicyclic) bond motifs is 1. The Morgan fingerprint density at radius 1 is 1.13 bits per heavy atom. The molecule has 5 nitrogen and oxygen atoms in total. The van der Waals surface area contributed by atoms with Gasteiger partial charge < -0.3 is 20.3 Å². The Morgan fingerprint density at radius 3 is 2.58 bits per heavy atom. The number of nitrogens with zero attached hydrogens (tertiary/aromatic N) is 2. The Kier molecular flexibility index (Phi) is 6.18. The van der Waals surface area contributed by atoms with Crippen LogP contribution in [0.3, 0.4) is 0 Å². The van der Waals surface area contributed by atoms with Crippen molar-refractivity contribution in [1.82, 2.24) is 10.3 Å². The van der Waals surface area contributed by atoms with Crippen LogP contribution in [-0.2, 0) is 0 Å². The van der Waals surface area contributed by atoms with Crippen molar-refractivity contribution in [3.05, 3.63) is 59.5 Å². The number of hydrogen-bond donors (Lipinski definition) is 2. The average Bonchev–Trinajstić information content (AvgIpc) is 2.78. The molecule has 0 unspecified atom stereocenters. The fourth-order valence-electron chi connectivity index (χ4n) is 3.99. The third-order valence-electron chi connectivity index (χ3n) is 5.63. The number of aromatic nitrogens is 1. The lowest BCUT2D eigenvalue weighted by Gasteiger charge is -2.31. The zero-order valence-corrected chi connectivity index (χ0v) is 17.5. The van der Waals surface area contributed by atoms with Gasteiger partial charge in [0.1, 0.15) is 11.6 Å². The molecule has 1 aliphatic rings. The fourth-order valence-corrected chi connectivity index (χ4v) is 3.99. The molecule has 1 atom stereocenters. The van der Waals surface area contributed by atoms with Crippen molar-refractivity contribution >= 4 is 22.3 Å². The molecule has 1 fully saturated rings. The molecule has 1 aliphatic heterocycles. The number of methoxy groups -OCH3 is 1. The Labute approximate surface area is 179 Å². The molecule has 2 N–H and O–H groups in total. The molecule has 164 valence electrons. The van der Waals surface area contributed by atoms with Crippen LogP contribution in [0.25, 0.3) is 10.9 Å². The van der Waals surface area contributed by atoms with Crippen molar-refractivity contribution in [2.45, 2.75) is 19.4 Å². The minimum absolute atomic E-state index is 0.193. The molecule has 0 saturated carbocycles. The van der Waals surface area contributed by atoms with Crippen molar-refractivity contribution in [2.24, 2.45) is 0 Å². The Hall–Kier alpha value is -3.00. The van der Waals surface area contributed by atoms with Gasteiger partial charge >= 0.3 is 0 Å². The van der Waals surface area contributed by atoms with Crippen LogP contribution in [0.1, 0.15) is 30.5 Å². The van der Waals surface area contributed by atoms with Crippen LogP contribution in [0.4, 0.5) is 24.5 Å². The highest BCUT2D eigenvalue weighted by Gasteiger charge is 2.21. The molecule has 0 amide bonds. The molecule has 1 saturated heterocycles. The summed E-state index contributed by atoms with van der Waals surface area (Å²) in [7, 11) is 1.63. The molecular weight excluding hydrogens is 405 g/mol. The van der Waals surface area contributed by atoms with Gasteiger partial charge in [0.2, 0.25) is 0 Å². The van der Waals surface area contributed by atoms with Crippen LogP contribution in [0.5, 0.6) is 5.75 Å². The van der Waals surface area contributed by atoms with Crippen molar-refractivity contribution in [3.8, 4) is 5.75 Å². The van der Waals surface area contributed by atoms with E-state index >= 15 is 0 Å². The number of benzene rings is 2. The monoisotopic (exact) mass is 430 g/mol. The predicted molar refractivity (Wildman–Crippen MR) is 117 cm³/mol. The molecule has 0 radical (unpaired) electrons. The second-order valence-electron chi connectivity index (χ2n) is 7.55. The van der Waals surface area contributed by atoms with E-state index in [-0.39, 0.29) is 5.56 Å². The average molecular weight is 430 g/mol. The van der Waals surface area contributed by atoms with Crippen LogP contribution in [-0.4, -0.2) is 38.3 Å². The quantitative estimate of drug-likeness (QED) is 0.582. The van der Waals surface area contributed by atoms with E-state index in [4.69, 9.17) is 4.74 Å². The summed E-state index contributed by atoms with van der Waals surface area (Å²) in [6, 6.07) is 9.29. The van der Waals surface area contributed by atoms with Crippen LogP contribution >= 0.6 is 0 Å². The summed E-state index contributed by atoms with van der Waals surface area (Å²) in [5.41, 5.74) is 2.05. The predicted octanol–water partition coefficient (Wildman–Crippen LogP) is 4.90. The largest absolute Gasteiger partial charge is 0.495 e. The smallest absolute Gasteiger partial charge is 0.266 e. The van der Waals surface area contributed by atoms with E-state index in [1.54, 1.807) is 20.2 Å². The molecular formula is C23H25F3N4O. The van der Waals surface area contributed by atoms with E-state index in [0.717, 1.165) is 60.3 Å². The highest BCUT2D eigenvalue weighted by molar-refractivity contribution is 5.95. The molecule has 2 heterocycles.